The van der Waals surface area contributed by atoms with Gasteiger partial charge in [-0.05, 0) is 18.8 Å². The summed E-state index contributed by atoms with van der Waals surface area (Å²) in [5.41, 5.74) is 1.42. The van der Waals surface area contributed by atoms with Crippen molar-refractivity contribution >= 4 is 23.2 Å². The Morgan fingerprint density at radius 1 is 1.27 bits per heavy atom. The van der Waals surface area contributed by atoms with Crippen LogP contribution in [0, 0.1) is 21.4 Å². The number of allylic oxidation sites excluding steroid dienone is 2. The summed E-state index contributed by atoms with van der Waals surface area (Å²) in [5.74, 6) is -2.42. The van der Waals surface area contributed by atoms with Gasteiger partial charge in [0.15, 0.2) is 5.78 Å². The van der Waals surface area contributed by atoms with E-state index in [9.17, 15) is 19.7 Å². The molecule has 0 fully saturated rings. The van der Waals surface area contributed by atoms with E-state index in [0.717, 1.165) is 0 Å². The van der Waals surface area contributed by atoms with Gasteiger partial charge in [-0.2, -0.15) is 0 Å². The average Bonchev–Trinajstić information content (AvgIpc) is 2.65. The Kier molecular flexibility index (Phi) is 6.17. The molecule has 0 radical (unpaired) electrons. The molecule has 8 nitrogen and oxygen atoms in total. The van der Waals surface area contributed by atoms with Gasteiger partial charge in [0.1, 0.15) is 12.5 Å². The third-order valence-electron chi connectivity index (χ3n) is 5.56. The lowest BCUT2D eigenvalue weighted by Gasteiger charge is -2.38. The fourth-order valence-electron chi connectivity index (χ4n) is 4.32. The fraction of sp³-hybridized carbons (Fsp3) is 0.500. The van der Waals surface area contributed by atoms with Crippen molar-refractivity contribution in [1.82, 2.24) is 0 Å². The highest BCUT2D eigenvalue weighted by atomic mass is 16.6. The minimum absolute atomic E-state index is 0.0512. The number of hydrogen-bond acceptors (Lipinski definition) is 7. The molecule has 0 amide bonds. The quantitative estimate of drug-likeness (QED) is 0.305. The van der Waals surface area contributed by atoms with Crippen LogP contribution in [0.25, 0.3) is 0 Å². The first-order valence-corrected chi connectivity index (χ1v) is 9.86. The van der Waals surface area contributed by atoms with Crippen LogP contribution < -0.4 is 0 Å². The van der Waals surface area contributed by atoms with Crippen LogP contribution >= 0.6 is 0 Å². The average molecular weight is 414 g/mol. The summed E-state index contributed by atoms with van der Waals surface area (Å²) in [4.78, 5) is 42.0. The number of carbonyl (C=O) groups is 2. The molecule has 1 unspecified atom stereocenters. The van der Waals surface area contributed by atoms with Gasteiger partial charge < -0.3 is 9.47 Å². The van der Waals surface area contributed by atoms with Crippen molar-refractivity contribution < 1.29 is 24.0 Å². The van der Waals surface area contributed by atoms with Crippen molar-refractivity contribution in [2.45, 2.75) is 39.5 Å². The number of ether oxygens (including phenoxy) is 2. The fourth-order valence-corrected chi connectivity index (χ4v) is 4.32. The van der Waals surface area contributed by atoms with E-state index in [2.05, 4.69) is 4.99 Å². The van der Waals surface area contributed by atoms with Gasteiger partial charge in [-0.25, -0.2) is 0 Å². The molecule has 2 aliphatic rings. The molecule has 1 aliphatic heterocycles. The topological polar surface area (TPSA) is 108 Å². The molecule has 0 saturated carbocycles. The molecule has 30 heavy (non-hydrogen) atoms. The molecular formula is C22H26N2O6. The number of aliphatic imine (C=N–C) groups is 1. The van der Waals surface area contributed by atoms with Crippen molar-refractivity contribution in [3.8, 4) is 0 Å². The van der Waals surface area contributed by atoms with Crippen molar-refractivity contribution in [2.75, 3.05) is 20.3 Å². The van der Waals surface area contributed by atoms with Crippen molar-refractivity contribution in [1.29, 1.82) is 0 Å². The monoisotopic (exact) mass is 414 g/mol. The van der Waals surface area contributed by atoms with Gasteiger partial charge >= 0.3 is 5.97 Å². The minimum atomic E-state index is -0.910. The summed E-state index contributed by atoms with van der Waals surface area (Å²) in [6.07, 6.45) is 0.858. The molecule has 160 valence electrons. The second-order valence-electron chi connectivity index (χ2n) is 8.49. The molecule has 8 heteroatoms. The summed E-state index contributed by atoms with van der Waals surface area (Å²) in [6.45, 7) is 5.97. The molecule has 2 atom stereocenters. The van der Waals surface area contributed by atoms with Crippen molar-refractivity contribution in [3.63, 3.8) is 0 Å². The highest BCUT2D eigenvalue weighted by molar-refractivity contribution is 6.09. The van der Waals surface area contributed by atoms with E-state index in [4.69, 9.17) is 9.47 Å². The van der Waals surface area contributed by atoms with E-state index < -0.39 is 22.7 Å². The number of carbonyl (C=O) groups excluding carboxylic acids is 2. The number of rotatable bonds is 6. The maximum atomic E-state index is 13.2. The molecule has 0 saturated heterocycles. The van der Waals surface area contributed by atoms with Gasteiger partial charge in [0.05, 0.1) is 11.5 Å². The summed E-state index contributed by atoms with van der Waals surface area (Å²) < 4.78 is 10.3. The van der Waals surface area contributed by atoms with Crippen LogP contribution in [0.15, 0.2) is 40.5 Å². The number of benzene rings is 1. The van der Waals surface area contributed by atoms with Crippen LogP contribution in [0.1, 0.15) is 45.1 Å². The Balaban J connectivity index is 2.16. The predicted molar refractivity (Wildman–Crippen MR) is 110 cm³/mol. The van der Waals surface area contributed by atoms with Crippen molar-refractivity contribution in [2.24, 2.45) is 16.3 Å². The first kappa shape index (κ1) is 21.8. The zero-order valence-corrected chi connectivity index (χ0v) is 17.6. The predicted octanol–water partition coefficient (Wildman–Crippen LogP) is 3.60. The van der Waals surface area contributed by atoms with Gasteiger partial charge in [-0.15, -0.1) is 0 Å². The first-order valence-electron chi connectivity index (χ1n) is 9.86. The van der Waals surface area contributed by atoms with Crippen LogP contribution in [0.3, 0.4) is 0 Å². The number of esters is 1. The number of methoxy groups -OCH3 is 1. The minimum Gasteiger partial charge on any atom is -0.463 e. The molecule has 0 spiro atoms. The summed E-state index contributed by atoms with van der Waals surface area (Å²) in [6, 6.07) is 6.24. The van der Waals surface area contributed by atoms with Crippen LogP contribution in [0.5, 0.6) is 0 Å². The molecule has 1 aromatic rings. The maximum Gasteiger partial charge on any atom is 0.315 e. The van der Waals surface area contributed by atoms with E-state index in [1.54, 1.807) is 25.1 Å². The number of hydrogen-bond donors (Lipinski definition) is 0. The van der Waals surface area contributed by atoms with E-state index in [1.807, 2.05) is 13.8 Å². The summed E-state index contributed by atoms with van der Waals surface area (Å²) >= 11 is 0. The molecular weight excluding hydrogens is 388 g/mol. The lowest BCUT2D eigenvalue weighted by atomic mass is 9.66. The van der Waals surface area contributed by atoms with Gasteiger partial charge in [0.25, 0.3) is 5.69 Å². The van der Waals surface area contributed by atoms with Gasteiger partial charge in [0.2, 0.25) is 0 Å². The normalized spacial score (nSPS) is 22.9. The molecule has 0 N–H and O–H groups in total. The second kappa shape index (κ2) is 8.47. The molecule has 3 rings (SSSR count). The Morgan fingerprint density at radius 3 is 2.63 bits per heavy atom. The zero-order valence-electron chi connectivity index (χ0n) is 17.6. The highest BCUT2D eigenvalue weighted by Gasteiger charge is 2.47. The Labute approximate surface area is 175 Å². The van der Waals surface area contributed by atoms with Crippen LogP contribution in [-0.2, 0) is 19.1 Å². The van der Waals surface area contributed by atoms with Crippen LogP contribution in [-0.4, -0.2) is 42.7 Å². The van der Waals surface area contributed by atoms with E-state index in [-0.39, 0.29) is 30.1 Å². The van der Waals surface area contributed by atoms with Crippen LogP contribution in [0.2, 0.25) is 0 Å². The Bertz CT molecular complexity index is 947. The standard InChI is InChI=1S/C22H26N2O6/c1-13-18(21(26)30-10-9-29-4)19(14-7-5-6-8-16(14)24(27)28)20-15(23-13)11-22(2,3)12-17(20)25/h5-8,18-19H,9-12H2,1-4H3/t18?,19-/m1/s1. The molecule has 1 aromatic carbocycles. The number of nitro benzene ring substituents is 1. The van der Waals surface area contributed by atoms with Crippen molar-refractivity contribution in [3.05, 3.63) is 51.2 Å². The Morgan fingerprint density at radius 2 is 1.97 bits per heavy atom. The third kappa shape index (κ3) is 4.18. The van der Waals surface area contributed by atoms with Crippen LogP contribution in [0.4, 0.5) is 5.69 Å². The molecule has 0 bridgehead atoms. The lowest BCUT2D eigenvalue weighted by Crippen LogP contribution is -2.40. The molecule has 0 aromatic heterocycles. The Hall–Kier alpha value is -2.87. The highest BCUT2D eigenvalue weighted by Crippen LogP contribution is 2.49. The molecule has 1 aliphatic carbocycles. The molecule has 1 heterocycles. The number of para-hydroxylation sites is 1. The number of ketones is 1. The first-order chi connectivity index (χ1) is 14.2. The smallest absolute Gasteiger partial charge is 0.315 e. The van der Waals surface area contributed by atoms with Gasteiger partial charge in [-0.1, -0.05) is 32.0 Å². The third-order valence-corrected chi connectivity index (χ3v) is 5.56. The number of nitro groups is 1. The number of Topliss-reactive ketones (excluding diaryl/α,β-unsaturated/α-hetero) is 1. The summed E-state index contributed by atoms with van der Waals surface area (Å²) in [5, 5.41) is 11.7. The number of nitrogens with zero attached hydrogens (tertiary/aromatic N) is 2. The zero-order chi connectivity index (χ0) is 22.1. The second-order valence-corrected chi connectivity index (χ2v) is 8.49. The lowest BCUT2D eigenvalue weighted by molar-refractivity contribution is -0.385. The van der Waals surface area contributed by atoms with Gasteiger partial charge in [0, 0.05) is 48.1 Å². The largest absolute Gasteiger partial charge is 0.463 e. The van der Waals surface area contributed by atoms with Gasteiger partial charge in [-0.3, -0.25) is 24.7 Å². The summed E-state index contributed by atoms with van der Waals surface area (Å²) in [7, 11) is 1.50. The van der Waals surface area contributed by atoms with E-state index in [1.165, 1.54) is 13.2 Å². The van der Waals surface area contributed by atoms with E-state index >= 15 is 0 Å². The van der Waals surface area contributed by atoms with E-state index in [0.29, 0.717) is 35.4 Å². The SMILES string of the molecule is COCCOC(=O)C1C(C)=NC2=C(C(=O)CC(C)(C)C2)[C@@H]1c1ccccc1[N+](=O)[O-]. The maximum absolute atomic E-state index is 13.2.